The Morgan fingerprint density at radius 3 is 2.17 bits per heavy atom. The minimum Gasteiger partial charge on any atom is -0.354 e. The van der Waals surface area contributed by atoms with Crippen LogP contribution in [0.15, 0.2) is 72.8 Å². The number of carbonyl (C=O) groups is 2. The van der Waals surface area contributed by atoms with Crippen molar-refractivity contribution in [1.82, 2.24) is 10.2 Å². The highest BCUT2D eigenvalue weighted by Gasteiger charge is 2.33. The zero-order chi connectivity index (χ0) is 29.3. The molecule has 0 aliphatic heterocycles. The number of amides is 2. The molecule has 0 saturated carbocycles. The number of nitrogens with zero attached hydrogens (tertiary/aromatic N) is 2. The predicted molar refractivity (Wildman–Crippen MR) is 162 cm³/mol. The third kappa shape index (κ3) is 8.68. The van der Waals surface area contributed by atoms with Crippen molar-refractivity contribution in [1.29, 1.82) is 0 Å². The van der Waals surface area contributed by atoms with Crippen molar-refractivity contribution in [3.8, 4) is 0 Å². The van der Waals surface area contributed by atoms with Crippen molar-refractivity contribution in [3.05, 3.63) is 101 Å². The topological polar surface area (TPSA) is 86.8 Å². The molecule has 0 radical (unpaired) electrons. The quantitative estimate of drug-likeness (QED) is 0.299. The smallest absolute Gasteiger partial charge is 0.244 e. The van der Waals surface area contributed by atoms with Gasteiger partial charge in [0.2, 0.25) is 21.8 Å². The molecule has 0 bridgehead atoms. The minimum absolute atomic E-state index is 0.170. The lowest BCUT2D eigenvalue weighted by Gasteiger charge is -2.34. The third-order valence-electron chi connectivity index (χ3n) is 6.84. The van der Waals surface area contributed by atoms with Gasteiger partial charge in [-0.2, -0.15) is 0 Å². The molecule has 2 amide bonds. The molecule has 0 saturated heterocycles. The van der Waals surface area contributed by atoms with E-state index in [-0.39, 0.29) is 12.5 Å². The Labute approximate surface area is 239 Å². The summed E-state index contributed by atoms with van der Waals surface area (Å²) in [6.07, 6.45) is 3.15. The molecule has 0 heterocycles. The molecule has 0 spiro atoms. The standard InChI is InChI=1S/C32H41N3O4S/c1-6-7-18-33-32(37)30(21-27-13-9-8-10-14-27)34(22-28-15-11-12-24(2)20-28)31(36)23-35(40(5,38)39)29-17-16-25(3)19-26(29)4/h8-17,19-20,30H,6-7,18,21-23H2,1-5H3,(H,33,37). The van der Waals surface area contributed by atoms with E-state index in [0.717, 1.165) is 51.2 Å². The molecule has 3 aromatic rings. The van der Waals surface area contributed by atoms with Crippen LogP contribution in [0, 0.1) is 20.8 Å². The van der Waals surface area contributed by atoms with Gasteiger partial charge in [-0.15, -0.1) is 0 Å². The van der Waals surface area contributed by atoms with E-state index in [1.54, 1.807) is 6.07 Å². The largest absolute Gasteiger partial charge is 0.354 e. The Morgan fingerprint density at radius 2 is 1.55 bits per heavy atom. The molecule has 1 atom stereocenters. The van der Waals surface area contributed by atoms with E-state index < -0.39 is 28.5 Å². The van der Waals surface area contributed by atoms with Gasteiger partial charge in [0.1, 0.15) is 12.6 Å². The Kier molecular flexibility index (Phi) is 10.9. The normalized spacial score (nSPS) is 12.0. The number of nitrogens with one attached hydrogen (secondary N) is 1. The molecule has 0 aliphatic carbocycles. The molecule has 1 N–H and O–H groups in total. The van der Waals surface area contributed by atoms with E-state index in [2.05, 4.69) is 5.32 Å². The van der Waals surface area contributed by atoms with Crippen LogP contribution in [0.4, 0.5) is 5.69 Å². The lowest BCUT2D eigenvalue weighted by Crippen LogP contribution is -2.53. The molecular formula is C32H41N3O4S. The van der Waals surface area contributed by atoms with Gasteiger partial charge < -0.3 is 10.2 Å². The summed E-state index contributed by atoms with van der Waals surface area (Å²) in [5.74, 6) is -0.700. The lowest BCUT2D eigenvalue weighted by atomic mass is 10.0. The highest BCUT2D eigenvalue weighted by molar-refractivity contribution is 7.92. The summed E-state index contributed by atoms with van der Waals surface area (Å²) in [7, 11) is -3.80. The first-order valence-electron chi connectivity index (χ1n) is 13.7. The van der Waals surface area contributed by atoms with E-state index >= 15 is 0 Å². The molecule has 0 aromatic heterocycles. The Morgan fingerprint density at radius 1 is 0.875 bits per heavy atom. The van der Waals surface area contributed by atoms with Crippen molar-refractivity contribution in [3.63, 3.8) is 0 Å². The summed E-state index contributed by atoms with van der Waals surface area (Å²) in [6.45, 7) is 8.04. The first kappa shape index (κ1) is 30.9. The number of anilines is 1. The van der Waals surface area contributed by atoms with Crippen LogP contribution in [-0.2, 0) is 32.6 Å². The van der Waals surface area contributed by atoms with Crippen molar-refractivity contribution in [2.24, 2.45) is 0 Å². The minimum atomic E-state index is -3.80. The Balaban J connectivity index is 2.05. The Bertz CT molecular complexity index is 1410. The van der Waals surface area contributed by atoms with Gasteiger partial charge in [0.25, 0.3) is 0 Å². The number of aryl methyl sites for hydroxylation is 3. The summed E-state index contributed by atoms with van der Waals surface area (Å²) in [5, 5.41) is 3.00. The van der Waals surface area contributed by atoms with Gasteiger partial charge in [-0.05, 0) is 49.9 Å². The van der Waals surface area contributed by atoms with Crippen LogP contribution in [0.25, 0.3) is 0 Å². The van der Waals surface area contributed by atoms with Gasteiger partial charge >= 0.3 is 0 Å². The van der Waals surface area contributed by atoms with Crippen LogP contribution in [0.1, 0.15) is 47.6 Å². The number of carbonyl (C=O) groups excluding carboxylic acids is 2. The SMILES string of the molecule is CCCCNC(=O)C(Cc1ccccc1)N(Cc1cccc(C)c1)C(=O)CN(c1ccc(C)cc1C)S(C)(=O)=O. The average Bonchev–Trinajstić information content (AvgIpc) is 2.89. The van der Waals surface area contributed by atoms with E-state index in [0.29, 0.717) is 18.7 Å². The molecule has 0 fully saturated rings. The summed E-state index contributed by atoms with van der Waals surface area (Å²) >= 11 is 0. The van der Waals surface area contributed by atoms with E-state index in [4.69, 9.17) is 0 Å². The second-order valence-electron chi connectivity index (χ2n) is 10.4. The van der Waals surface area contributed by atoms with Crippen LogP contribution in [0.5, 0.6) is 0 Å². The number of hydrogen-bond acceptors (Lipinski definition) is 4. The van der Waals surface area contributed by atoms with Crippen molar-refractivity contribution in [2.45, 2.75) is 59.5 Å². The summed E-state index contributed by atoms with van der Waals surface area (Å²) < 4.78 is 27.1. The fourth-order valence-electron chi connectivity index (χ4n) is 4.75. The first-order valence-corrected chi connectivity index (χ1v) is 15.6. The molecule has 8 heteroatoms. The molecule has 0 aliphatic rings. The molecule has 40 heavy (non-hydrogen) atoms. The van der Waals surface area contributed by atoms with Gasteiger partial charge in [-0.25, -0.2) is 8.42 Å². The van der Waals surface area contributed by atoms with Gasteiger partial charge in [0, 0.05) is 19.5 Å². The molecule has 3 rings (SSSR count). The third-order valence-corrected chi connectivity index (χ3v) is 7.96. The molecule has 1 unspecified atom stereocenters. The summed E-state index contributed by atoms with van der Waals surface area (Å²) in [6, 6.07) is 22.0. The van der Waals surface area contributed by atoms with Crippen LogP contribution < -0.4 is 9.62 Å². The van der Waals surface area contributed by atoms with Gasteiger partial charge in [0.05, 0.1) is 11.9 Å². The van der Waals surface area contributed by atoms with Crippen LogP contribution in [-0.4, -0.2) is 50.5 Å². The maximum Gasteiger partial charge on any atom is 0.244 e. The maximum absolute atomic E-state index is 14.1. The van der Waals surface area contributed by atoms with Crippen LogP contribution in [0.2, 0.25) is 0 Å². The number of benzene rings is 3. The van der Waals surface area contributed by atoms with Crippen LogP contribution in [0.3, 0.4) is 0 Å². The number of hydrogen-bond donors (Lipinski definition) is 1. The van der Waals surface area contributed by atoms with Crippen molar-refractivity contribution < 1.29 is 18.0 Å². The lowest BCUT2D eigenvalue weighted by molar-refractivity contribution is -0.140. The zero-order valence-electron chi connectivity index (χ0n) is 24.2. The second kappa shape index (κ2) is 14.1. The van der Waals surface area contributed by atoms with Gasteiger partial charge in [0.15, 0.2) is 0 Å². The maximum atomic E-state index is 14.1. The fourth-order valence-corrected chi connectivity index (χ4v) is 5.65. The van der Waals surface area contributed by atoms with Gasteiger partial charge in [-0.1, -0.05) is 91.2 Å². The second-order valence-corrected chi connectivity index (χ2v) is 12.3. The van der Waals surface area contributed by atoms with Crippen molar-refractivity contribution in [2.75, 3.05) is 23.7 Å². The average molecular weight is 564 g/mol. The van der Waals surface area contributed by atoms with E-state index in [9.17, 15) is 18.0 Å². The van der Waals surface area contributed by atoms with Gasteiger partial charge in [-0.3, -0.25) is 13.9 Å². The number of sulfonamides is 1. The molecule has 3 aromatic carbocycles. The first-order chi connectivity index (χ1) is 19.0. The summed E-state index contributed by atoms with van der Waals surface area (Å²) in [5.41, 5.74) is 5.00. The number of rotatable bonds is 13. The predicted octanol–water partition coefficient (Wildman–Crippen LogP) is 4.93. The summed E-state index contributed by atoms with van der Waals surface area (Å²) in [4.78, 5) is 29.3. The van der Waals surface area contributed by atoms with Crippen molar-refractivity contribution >= 4 is 27.5 Å². The molecule has 7 nitrogen and oxygen atoms in total. The van der Waals surface area contributed by atoms with Crippen LogP contribution >= 0.6 is 0 Å². The highest BCUT2D eigenvalue weighted by Crippen LogP contribution is 2.25. The fraction of sp³-hybridized carbons (Fsp3) is 0.375. The zero-order valence-corrected chi connectivity index (χ0v) is 25.0. The molecular weight excluding hydrogens is 522 g/mol. The van der Waals surface area contributed by atoms with E-state index in [1.807, 2.05) is 94.4 Å². The number of unbranched alkanes of at least 4 members (excludes halogenated alkanes) is 1. The van der Waals surface area contributed by atoms with E-state index in [1.165, 1.54) is 4.90 Å². The monoisotopic (exact) mass is 563 g/mol. The molecule has 214 valence electrons. The highest BCUT2D eigenvalue weighted by atomic mass is 32.2. The Hall–Kier alpha value is -3.65.